The second-order valence-corrected chi connectivity index (χ2v) is 10.9. The molecule has 0 aliphatic carbocycles. The molecule has 1 aliphatic rings. The van der Waals surface area contributed by atoms with Crippen molar-refractivity contribution in [3.05, 3.63) is 145 Å². The first-order valence-corrected chi connectivity index (χ1v) is 14.3. The first kappa shape index (κ1) is 23.1. The number of benzene rings is 6. The van der Waals surface area contributed by atoms with E-state index in [1.54, 1.807) is 0 Å². The molecule has 9 rings (SSSR count). The zero-order chi connectivity index (χ0) is 27.8. The second-order valence-electron chi connectivity index (χ2n) is 10.9. The first-order valence-electron chi connectivity index (χ1n) is 14.3. The van der Waals surface area contributed by atoms with Crippen molar-refractivity contribution in [2.75, 3.05) is 4.90 Å². The first-order chi connectivity index (χ1) is 20.8. The maximum atomic E-state index is 4.90. The molecule has 3 heterocycles. The summed E-state index contributed by atoms with van der Waals surface area (Å²) >= 11 is 0. The molecule has 0 saturated carbocycles. The van der Waals surface area contributed by atoms with E-state index in [4.69, 9.17) is 4.98 Å². The Bertz CT molecular complexity index is 2250. The quantitative estimate of drug-likeness (QED) is 0.224. The molecule has 0 saturated heterocycles. The van der Waals surface area contributed by atoms with E-state index in [-0.39, 0.29) is 0 Å². The third-order valence-corrected chi connectivity index (χ3v) is 8.57. The fourth-order valence-electron chi connectivity index (χ4n) is 6.76. The number of anilines is 3. The predicted octanol–water partition coefficient (Wildman–Crippen LogP) is 9.88. The normalized spacial score (nSPS) is 12.4. The van der Waals surface area contributed by atoms with Crippen LogP contribution in [0.4, 0.5) is 17.1 Å². The Morgan fingerprint density at radius 1 is 0.476 bits per heavy atom. The Morgan fingerprint density at radius 3 is 1.88 bits per heavy atom. The summed E-state index contributed by atoms with van der Waals surface area (Å²) in [5, 5.41) is 2.55. The van der Waals surface area contributed by atoms with Gasteiger partial charge in [-0.3, -0.25) is 4.57 Å². The van der Waals surface area contributed by atoms with Gasteiger partial charge in [0.25, 0.3) is 0 Å². The summed E-state index contributed by atoms with van der Waals surface area (Å²) in [4.78, 5) is 7.27. The van der Waals surface area contributed by atoms with E-state index in [2.05, 4.69) is 160 Å². The molecule has 0 N–H and O–H groups in total. The van der Waals surface area contributed by atoms with Gasteiger partial charge in [0.15, 0.2) is 0 Å². The van der Waals surface area contributed by atoms with Gasteiger partial charge in [-0.15, -0.1) is 0 Å². The molecule has 4 nitrogen and oxygen atoms in total. The van der Waals surface area contributed by atoms with Crippen LogP contribution in [-0.2, 0) is 0 Å². The lowest BCUT2D eigenvalue weighted by atomic mass is 10.0. The summed E-state index contributed by atoms with van der Waals surface area (Å²) < 4.78 is 4.66. The standard InChI is InChI=1S/C38H26N4/c1-25-39-32-14-9-17-36-38(32)40(25)35-23-20-27(24-37(35)42(36)28-10-3-2-4-11-28)26-18-21-29(22-19-26)41-33-15-7-5-12-30(33)31-13-6-8-16-34(31)41/h2-24H,1H3. The Kier molecular flexibility index (Phi) is 4.79. The molecule has 2 aromatic heterocycles. The molecule has 1 aliphatic heterocycles. The molecule has 4 heteroatoms. The van der Waals surface area contributed by atoms with E-state index in [9.17, 15) is 0 Å². The Morgan fingerprint density at radius 2 is 1.14 bits per heavy atom. The van der Waals surface area contributed by atoms with Crippen LogP contribution in [0, 0.1) is 6.92 Å². The molecule has 0 spiro atoms. The highest BCUT2D eigenvalue weighted by Crippen LogP contribution is 2.48. The number of aryl methyl sites for hydroxylation is 1. The molecule has 0 bridgehead atoms. The van der Waals surface area contributed by atoms with Crippen molar-refractivity contribution in [2.24, 2.45) is 0 Å². The average molecular weight is 539 g/mol. The number of hydrogen-bond donors (Lipinski definition) is 0. The van der Waals surface area contributed by atoms with Crippen LogP contribution < -0.4 is 4.90 Å². The lowest BCUT2D eigenvalue weighted by molar-refractivity contribution is 0.982. The number of hydrogen-bond acceptors (Lipinski definition) is 2. The minimum atomic E-state index is 0.995. The van der Waals surface area contributed by atoms with Crippen LogP contribution in [0.5, 0.6) is 0 Å². The zero-order valence-electron chi connectivity index (χ0n) is 23.1. The molecule has 0 atom stereocenters. The summed E-state index contributed by atoms with van der Waals surface area (Å²) in [6, 6.07) is 50.1. The molecular weight excluding hydrogens is 512 g/mol. The maximum absolute atomic E-state index is 4.90. The van der Waals surface area contributed by atoms with Crippen molar-refractivity contribution in [2.45, 2.75) is 6.92 Å². The molecule has 6 aromatic carbocycles. The number of aromatic nitrogens is 3. The van der Waals surface area contributed by atoms with Gasteiger partial charge in [-0.05, 0) is 78.7 Å². The second kappa shape index (κ2) is 8.69. The molecule has 198 valence electrons. The van der Waals surface area contributed by atoms with Crippen LogP contribution in [0.15, 0.2) is 140 Å². The lowest BCUT2D eigenvalue weighted by Gasteiger charge is -2.33. The zero-order valence-corrected chi connectivity index (χ0v) is 23.1. The van der Waals surface area contributed by atoms with Crippen LogP contribution in [0.1, 0.15) is 5.82 Å². The van der Waals surface area contributed by atoms with Crippen molar-refractivity contribution in [3.63, 3.8) is 0 Å². The monoisotopic (exact) mass is 538 g/mol. The summed E-state index contributed by atoms with van der Waals surface area (Å²) in [5.41, 5.74) is 12.7. The van der Waals surface area contributed by atoms with E-state index in [1.165, 1.54) is 32.9 Å². The highest BCUT2D eigenvalue weighted by molar-refractivity contribution is 6.09. The van der Waals surface area contributed by atoms with Crippen molar-refractivity contribution in [1.82, 2.24) is 14.1 Å². The van der Waals surface area contributed by atoms with Gasteiger partial charge in [0.05, 0.1) is 39.1 Å². The minimum Gasteiger partial charge on any atom is -0.309 e. The van der Waals surface area contributed by atoms with Gasteiger partial charge in [0.1, 0.15) is 5.82 Å². The third-order valence-electron chi connectivity index (χ3n) is 8.57. The minimum absolute atomic E-state index is 0.995. The molecule has 0 radical (unpaired) electrons. The molecule has 0 fully saturated rings. The van der Waals surface area contributed by atoms with E-state index < -0.39 is 0 Å². The largest absolute Gasteiger partial charge is 0.309 e. The van der Waals surface area contributed by atoms with Crippen LogP contribution >= 0.6 is 0 Å². The van der Waals surface area contributed by atoms with E-state index in [0.29, 0.717) is 0 Å². The smallest absolute Gasteiger partial charge is 0.111 e. The number of fused-ring (bicyclic) bond motifs is 5. The van der Waals surface area contributed by atoms with E-state index in [0.717, 1.165) is 45.3 Å². The number of nitrogens with zero attached hydrogens (tertiary/aromatic N) is 4. The average Bonchev–Trinajstić information content (AvgIpc) is 3.57. The van der Waals surface area contributed by atoms with Gasteiger partial charge in [0, 0.05) is 22.1 Å². The van der Waals surface area contributed by atoms with Crippen LogP contribution in [0.25, 0.3) is 55.3 Å². The highest BCUT2D eigenvalue weighted by Gasteiger charge is 2.28. The SMILES string of the molecule is Cc1nc2cccc3c2n1-c1ccc(-c2ccc(-n4c5ccccc5c5ccccc54)cc2)cc1N3c1ccccc1. The summed E-state index contributed by atoms with van der Waals surface area (Å²) in [6.07, 6.45) is 0. The van der Waals surface area contributed by atoms with Gasteiger partial charge in [-0.2, -0.15) is 0 Å². The van der Waals surface area contributed by atoms with E-state index >= 15 is 0 Å². The number of imidazole rings is 1. The van der Waals surface area contributed by atoms with Crippen LogP contribution in [0.3, 0.4) is 0 Å². The summed E-state index contributed by atoms with van der Waals surface area (Å²) in [7, 11) is 0. The fraction of sp³-hybridized carbons (Fsp3) is 0.0263. The Hall–Kier alpha value is -5.61. The third kappa shape index (κ3) is 3.20. The Balaban J connectivity index is 1.20. The van der Waals surface area contributed by atoms with Gasteiger partial charge in [-0.1, -0.05) is 78.9 Å². The maximum Gasteiger partial charge on any atom is 0.111 e. The summed E-state index contributed by atoms with van der Waals surface area (Å²) in [5.74, 6) is 0.995. The van der Waals surface area contributed by atoms with Gasteiger partial charge in [0.2, 0.25) is 0 Å². The molecule has 8 aromatic rings. The van der Waals surface area contributed by atoms with Crippen molar-refractivity contribution in [3.8, 4) is 22.5 Å². The van der Waals surface area contributed by atoms with Crippen LogP contribution in [0.2, 0.25) is 0 Å². The lowest BCUT2D eigenvalue weighted by Crippen LogP contribution is -2.18. The molecular formula is C38H26N4. The predicted molar refractivity (Wildman–Crippen MR) is 174 cm³/mol. The molecule has 0 unspecified atom stereocenters. The molecule has 42 heavy (non-hydrogen) atoms. The highest BCUT2D eigenvalue weighted by atomic mass is 15.2. The van der Waals surface area contributed by atoms with Gasteiger partial charge in [-0.25, -0.2) is 4.98 Å². The van der Waals surface area contributed by atoms with E-state index in [1.807, 2.05) is 0 Å². The number of rotatable bonds is 3. The van der Waals surface area contributed by atoms with Gasteiger partial charge >= 0.3 is 0 Å². The Labute approximate surface area is 243 Å². The van der Waals surface area contributed by atoms with Crippen molar-refractivity contribution in [1.29, 1.82) is 0 Å². The van der Waals surface area contributed by atoms with Crippen molar-refractivity contribution >= 4 is 49.9 Å². The number of para-hydroxylation sites is 4. The van der Waals surface area contributed by atoms with Crippen molar-refractivity contribution < 1.29 is 0 Å². The summed E-state index contributed by atoms with van der Waals surface area (Å²) in [6.45, 7) is 2.09. The topological polar surface area (TPSA) is 26.0 Å². The fourth-order valence-corrected chi connectivity index (χ4v) is 6.76. The van der Waals surface area contributed by atoms with Gasteiger partial charge < -0.3 is 9.47 Å². The molecule has 0 amide bonds. The van der Waals surface area contributed by atoms with Crippen LogP contribution in [-0.4, -0.2) is 14.1 Å².